The van der Waals surface area contributed by atoms with Gasteiger partial charge in [0.25, 0.3) is 0 Å². The fraction of sp³-hybridized carbons (Fsp3) is 0.462. The second-order valence-corrected chi connectivity index (χ2v) is 4.63. The van der Waals surface area contributed by atoms with Crippen LogP contribution in [0.25, 0.3) is 0 Å². The van der Waals surface area contributed by atoms with Gasteiger partial charge in [0, 0.05) is 19.0 Å². The summed E-state index contributed by atoms with van der Waals surface area (Å²) in [5.41, 5.74) is 3.79. The largest absolute Gasteiger partial charge is 0.481 e. The number of carbonyl (C=O) groups is 1. The van der Waals surface area contributed by atoms with Crippen LogP contribution in [0, 0.1) is 6.92 Å². The summed E-state index contributed by atoms with van der Waals surface area (Å²) in [4.78, 5) is 13.0. The number of likely N-dealkylation sites (N-methyl/N-ethyl adjacent to an activating group) is 1. The van der Waals surface area contributed by atoms with Gasteiger partial charge >= 0.3 is 5.97 Å². The van der Waals surface area contributed by atoms with Gasteiger partial charge in [0.2, 0.25) is 0 Å². The quantitative estimate of drug-likeness (QED) is 0.827. The molecule has 86 valence electrons. The number of hydrogen-bond acceptors (Lipinski definition) is 2. The molecule has 0 saturated heterocycles. The fourth-order valence-electron chi connectivity index (χ4n) is 2.52. The number of benzene rings is 1. The predicted molar refractivity (Wildman–Crippen MR) is 62.5 cm³/mol. The van der Waals surface area contributed by atoms with Crippen molar-refractivity contribution in [3.63, 3.8) is 0 Å². The van der Waals surface area contributed by atoms with Crippen LogP contribution in [-0.2, 0) is 11.3 Å². The van der Waals surface area contributed by atoms with Crippen LogP contribution < -0.4 is 0 Å². The lowest BCUT2D eigenvalue weighted by Gasteiger charge is -2.32. The van der Waals surface area contributed by atoms with Gasteiger partial charge in [-0.15, -0.1) is 0 Å². The molecule has 0 radical (unpaired) electrons. The SMILES string of the molecule is Cc1cccc2c1CN(C)CC2CC(=O)O. The lowest BCUT2D eigenvalue weighted by atomic mass is 9.86. The molecule has 0 saturated carbocycles. The van der Waals surface area contributed by atoms with Crippen LogP contribution in [0.5, 0.6) is 0 Å². The highest BCUT2D eigenvalue weighted by atomic mass is 16.4. The van der Waals surface area contributed by atoms with Gasteiger partial charge in [-0.3, -0.25) is 4.79 Å². The Labute approximate surface area is 95.7 Å². The van der Waals surface area contributed by atoms with Crippen LogP contribution in [0.4, 0.5) is 0 Å². The van der Waals surface area contributed by atoms with E-state index in [0.29, 0.717) is 0 Å². The van der Waals surface area contributed by atoms with E-state index >= 15 is 0 Å². The summed E-state index contributed by atoms with van der Waals surface area (Å²) in [7, 11) is 2.05. The molecule has 16 heavy (non-hydrogen) atoms. The molecule has 3 nitrogen and oxygen atoms in total. The fourth-order valence-corrected chi connectivity index (χ4v) is 2.52. The second-order valence-electron chi connectivity index (χ2n) is 4.63. The monoisotopic (exact) mass is 219 g/mol. The average molecular weight is 219 g/mol. The minimum atomic E-state index is -0.715. The molecule has 1 aromatic carbocycles. The second kappa shape index (κ2) is 4.26. The molecule has 1 aliphatic rings. The highest BCUT2D eigenvalue weighted by molar-refractivity contribution is 5.68. The molecule has 2 rings (SSSR count). The Morgan fingerprint density at radius 2 is 2.31 bits per heavy atom. The van der Waals surface area contributed by atoms with Crippen LogP contribution in [0.2, 0.25) is 0 Å². The minimum Gasteiger partial charge on any atom is -0.481 e. The van der Waals surface area contributed by atoms with Crippen LogP contribution in [0.15, 0.2) is 18.2 Å². The first-order valence-electron chi connectivity index (χ1n) is 5.56. The minimum absolute atomic E-state index is 0.131. The number of carboxylic acids is 1. The van der Waals surface area contributed by atoms with Crippen molar-refractivity contribution in [3.8, 4) is 0 Å². The van der Waals surface area contributed by atoms with E-state index in [1.807, 2.05) is 13.1 Å². The van der Waals surface area contributed by atoms with Crippen molar-refractivity contribution >= 4 is 5.97 Å². The molecule has 0 aliphatic carbocycles. The van der Waals surface area contributed by atoms with Crippen molar-refractivity contribution in [2.45, 2.75) is 25.8 Å². The summed E-state index contributed by atoms with van der Waals surface area (Å²) in [5.74, 6) is -0.584. The molecule has 1 heterocycles. The smallest absolute Gasteiger partial charge is 0.304 e. The molecule has 1 aromatic rings. The number of aliphatic carboxylic acids is 1. The summed E-state index contributed by atoms with van der Waals surface area (Å²) >= 11 is 0. The molecule has 0 spiro atoms. The van der Waals surface area contributed by atoms with Crippen LogP contribution in [0.3, 0.4) is 0 Å². The average Bonchev–Trinajstić information content (AvgIpc) is 2.18. The van der Waals surface area contributed by atoms with Crippen LogP contribution in [0.1, 0.15) is 29.0 Å². The van der Waals surface area contributed by atoms with Crippen molar-refractivity contribution in [1.82, 2.24) is 4.90 Å². The molecule has 1 atom stereocenters. The summed E-state index contributed by atoms with van der Waals surface area (Å²) in [6.07, 6.45) is 0.223. The van der Waals surface area contributed by atoms with E-state index in [1.165, 1.54) is 16.7 Å². The zero-order chi connectivity index (χ0) is 11.7. The van der Waals surface area contributed by atoms with E-state index in [4.69, 9.17) is 5.11 Å². The Morgan fingerprint density at radius 3 is 3.00 bits per heavy atom. The van der Waals surface area contributed by atoms with Crippen molar-refractivity contribution in [2.75, 3.05) is 13.6 Å². The van der Waals surface area contributed by atoms with Crippen molar-refractivity contribution in [2.24, 2.45) is 0 Å². The number of carboxylic acid groups (broad SMARTS) is 1. The number of fused-ring (bicyclic) bond motifs is 1. The number of aryl methyl sites for hydroxylation is 1. The Bertz CT molecular complexity index is 414. The Balaban J connectivity index is 2.38. The third kappa shape index (κ3) is 2.09. The van der Waals surface area contributed by atoms with Gasteiger partial charge in [0.15, 0.2) is 0 Å². The molecule has 1 N–H and O–H groups in total. The van der Waals surface area contributed by atoms with Crippen molar-refractivity contribution in [1.29, 1.82) is 0 Å². The summed E-state index contributed by atoms with van der Waals surface area (Å²) in [6, 6.07) is 6.19. The van der Waals surface area contributed by atoms with Crippen molar-refractivity contribution in [3.05, 3.63) is 34.9 Å². The molecule has 0 fully saturated rings. The molecule has 1 unspecified atom stereocenters. The Morgan fingerprint density at radius 1 is 1.56 bits per heavy atom. The normalized spacial score (nSPS) is 20.5. The first-order valence-corrected chi connectivity index (χ1v) is 5.56. The molecule has 0 amide bonds. The first-order chi connectivity index (χ1) is 7.58. The molecule has 1 aliphatic heterocycles. The summed E-state index contributed by atoms with van der Waals surface area (Å²) < 4.78 is 0. The maximum atomic E-state index is 10.9. The number of hydrogen-bond donors (Lipinski definition) is 1. The van der Waals surface area contributed by atoms with E-state index in [-0.39, 0.29) is 12.3 Å². The van der Waals surface area contributed by atoms with E-state index in [1.54, 1.807) is 0 Å². The van der Waals surface area contributed by atoms with E-state index in [0.717, 1.165) is 13.1 Å². The summed E-state index contributed by atoms with van der Waals surface area (Å²) in [6.45, 7) is 3.86. The van der Waals surface area contributed by atoms with Gasteiger partial charge in [-0.2, -0.15) is 0 Å². The standard InChI is InChI=1S/C13H17NO2/c1-9-4-3-5-11-10(6-13(15)16)7-14(2)8-12(9)11/h3-5,10H,6-8H2,1-2H3,(H,15,16). The van der Waals surface area contributed by atoms with E-state index < -0.39 is 5.97 Å². The predicted octanol–water partition coefficient (Wildman–Crippen LogP) is 2.00. The van der Waals surface area contributed by atoms with E-state index in [9.17, 15) is 4.79 Å². The highest BCUT2D eigenvalue weighted by Crippen LogP contribution is 2.31. The Hall–Kier alpha value is -1.35. The molecule has 0 bridgehead atoms. The molecular weight excluding hydrogens is 202 g/mol. The lowest BCUT2D eigenvalue weighted by Crippen LogP contribution is -2.32. The van der Waals surface area contributed by atoms with Gasteiger partial charge in [0.1, 0.15) is 0 Å². The summed E-state index contributed by atoms with van der Waals surface area (Å²) in [5, 5.41) is 8.93. The lowest BCUT2D eigenvalue weighted by molar-refractivity contribution is -0.137. The van der Waals surface area contributed by atoms with E-state index in [2.05, 4.69) is 24.0 Å². The number of nitrogens with zero attached hydrogens (tertiary/aromatic N) is 1. The third-order valence-electron chi connectivity index (χ3n) is 3.27. The van der Waals surface area contributed by atoms with Gasteiger partial charge < -0.3 is 10.0 Å². The van der Waals surface area contributed by atoms with Gasteiger partial charge in [-0.25, -0.2) is 0 Å². The molecule has 0 aromatic heterocycles. The maximum absolute atomic E-state index is 10.9. The van der Waals surface area contributed by atoms with Crippen LogP contribution in [-0.4, -0.2) is 29.6 Å². The van der Waals surface area contributed by atoms with Gasteiger partial charge in [-0.1, -0.05) is 18.2 Å². The first kappa shape index (κ1) is 11.1. The van der Waals surface area contributed by atoms with Gasteiger partial charge in [0.05, 0.1) is 6.42 Å². The highest BCUT2D eigenvalue weighted by Gasteiger charge is 2.25. The maximum Gasteiger partial charge on any atom is 0.304 e. The van der Waals surface area contributed by atoms with Gasteiger partial charge in [-0.05, 0) is 30.7 Å². The molecular formula is C13H17NO2. The van der Waals surface area contributed by atoms with Crippen LogP contribution >= 0.6 is 0 Å². The third-order valence-corrected chi connectivity index (χ3v) is 3.27. The zero-order valence-electron chi connectivity index (χ0n) is 9.73. The number of rotatable bonds is 2. The van der Waals surface area contributed by atoms with Crippen molar-refractivity contribution < 1.29 is 9.90 Å². The zero-order valence-corrected chi connectivity index (χ0v) is 9.73. The topological polar surface area (TPSA) is 40.5 Å². The Kier molecular flexibility index (Phi) is 2.97. The molecule has 3 heteroatoms.